The van der Waals surface area contributed by atoms with E-state index in [0.717, 1.165) is 6.07 Å². The zero-order chi connectivity index (χ0) is 23.8. The van der Waals surface area contributed by atoms with Crippen molar-refractivity contribution in [2.45, 2.75) is 18.2 Å². The van der Waals surface area contributed by atoms with Gasteiger partial charge in [0.1, 0.15) is 18.0 Å². The molecule has 0 radical (unpaired) electrons. The Labute approximate surface area is 181 Å². The van der Waals surface area contributed by atoms with Crippen LogP contribution in [0.4, 0.5) is 32.2 Å². The smallest absolute Gasteiger partial charge is 0.387 e. The van der Waals surface area contributed by atoms with Gasteiger partial charge < -0.3 is 14.9 Å². The maximum absolute atomic E-state index is 13.7. The first kappa shape index (κ1) is 22.5. The summed E-state index contributed by atoms with van der Waals surface area (Å²) in [6.45, 7) is 0.0408. The number of alkyl halides is 5. The molecule has 6 nitrogen and oxygen atoms in total. The minimum atomic E-state index is -5.82. The van der Waals surface area contributed by atoms with Gasteiger partial charge in [0.15, 0.2) is 11.3 Å². The fourth-order valence-electron chi connectivity index (χ4n) is 3.07. The van der Waals surface area contributed by atoms with Crippen molar-refractivity contribution in [3.05, 3.63) is 71.9 Å². The molecule has 12 heteroatoms. The van der Waals surface area contributed by atoms with Crippen LogP contribution in [-0.4, -0.2) is 33.0 Å². The molecule has 33 heavy (non-hydrogen) atoms. The van der Waals surface area contributed by atoms with E-state index in [2.05, 4.69) is 20.4 Å². The van der Waals surface area contributed by atoms with Crippen LogP contribution in [0.3, 0.4) is 0 Å². The number of fused-ring (bicyclic) bond motifs is 1. The Hall–Kier alpha value is -3.67. The van der Waals surface area contributed by atoms with Crippen molar-refractivity contribution in [1.29, 1.82) is 0 Å². The van der Waals surface area contributed by atoms with Gasteiger partial charge in [-0.05, 0) is 29.8 Å². The molecule has 2 N–H and O–H groups in total. The quantitative estimate of drug-likeness (QED) is 0.378. The van der Waals surface area contributed by atoms with Crippen LogP contribution in [-0.2, 0) is 5.92 Å². The Bertz CT molecular complexity index is 1270. The van der Waals surface area contributed by atoms with Crippen LogP contribution >= 0.6 is 0 Å². The zero-order valence-corrected chi connectivity index (χ0v) is 16.4. The number of halogens is 6. The van der Waals surface area contributed by atoms with Gasteiger partial charge in [0.2, 0.25) is 0 Å². The second kappa shape index (κ2) is 8.35. The highest BCUT2D eigenvalue weighted by molar-refractivity contribution is 5.85. The summed E-state index contributed by atoms with van der Waals surface area (Å²) in [7, 11) is 0. The number of benzene rings is 2. The standard InChI is InChI=1S/C21H14F6N4O2/c22-13-4-1-11(2-5-13)16(32)9-28-18-8-15(29-10-30-18)12-3-6-14-17(7-12)33-31-19(14)20(23,24)21(25,26)27/h1-8,10,16,32H,9H2,(H,28,29,30)/t16-/m0/s1. The summed E-state index contributed by atoms with van der Waals surface area (Å²) in [5.74, 6) is -5.29. The van der Waals surface area contributed by atoms with Crippen LogP contribution in [0.25, 0.3) is 22.2 Å². The average Bonchev–Trinajstić information content (AvgIpc) is 3.21. The van der Waals surface area contributed by atoms with Gasteiger partial charge in [-0.1, -0.05) is 23.4 Å². The number of nitrogens with zero attached hydrogens (tertiary/aromatic N) is 3. The maximum Gasteiger partial charge on any atom is 0.459 e. The molecule has 4 aromatic rings. The van der Waals surface area contributed by atoms with Gasteiger partial charge in [0, 0.05) is 18.2 Å². The second-order valence-electron chi connectivity index (χ2n) is 7.05. The van der Waals surface area contributed by atoms with Gasteiger partial charge in [-0.25, -0.2) is 14.4 Å². The normalized spacial score (nSPS) is 13.3. The third kappa shape index (κ3) is 4.46. The molecule has 0 aliphatic carbocycles. The fraction of sp³-hybridized carbons (Fsp3) is 0.190. The SMILES string of the molecule is O[C@@H](CNc1cc(-c2ccc3c(C(F)(F)C(F)(F)F)noc3c2)ncn1)c1ccc(F)cc1. The van der Waals surface area contributed by atoms with Crippen LogP contribution in [0, 0.1) is 5.82 Å². The second-order valence-corrected chi connectivity index (χ2v) is 7.05. The van der Waals surface area contributed by atoms with Crippen LogP contribution in [0.1, 0.15) is 17.4 Å². The van der Waals surface area contributed by atoms with Gasteiger partial charge in [0.25, 0.3) is 0 Å². The van der Waals surface area contributed by atoms with Crippen LogP contribution in [0.15, 0.2) is 59.4 Å². The molecule has 0 aliphatic rings. The summed E-state index contributed by atoms with van der Waals surface area (Å²) in [4.78, 5) is 8.08. The van der Waals surface area contributed by atoms with Gasteiger partial charge in [-0.15, -0.1) is 0 Å². The average molecular weight is 468 g/mol. The molecule has 0 saturated carbocycles. The molecule has 0 amide bonds. The van der Waals surface area contributed by atoms with Crippen molar-refractivity contribution in [1.82, 2.24) is 15.1 Å². The molecule has 0 bridgehead atoms. The Morgan fingerprint density at radius 2 is 1.70 bits per heavy atom. The highest BCUT2D eigenvalue weighted by Crippen LogP contribution is 2.45. The number of aliphatic hydroxyl groups excluding tert-OH is 1. The Morgan fingerprint density at radius 3 is 2.39 bits per heavy atom. The first-order chi connectivity index (χ1) is 15.6. The van der Waals surface area contributed by atoms with Crippen molar-refractivity contribution >= 4 is 16.8 Å². The van der Waals surface area contributed by atoms with Crippen molar-refractivity contribution in [2.24, 2.45) is 0 Å². The number of hydrogen-bond donors (Lipinski definition) is 2. The fourth-order valence-corrected chi connectivity index (χ4v) is 3.07. The maximum atomic E-state index is 13.7. The molecule has 0 saturated heterocycles. The number of aliphatic hydroxyl groups is 1. The van der Waals surface area contributed by atoms with E-state index >= 15 is 0 Å². The lowest BCUT2D eigenvalue weighted by molar-refractivity contribution is -0.290. The summed E-state index contributed by atoms with van der Waals surface area (Å²) in [5.41, 5.74) is -0.640. The molecular formula is C21H14F6N4O2. The van der Waals surface area contributed by atoms with E-state index in [1.807, 2.05) is 0 Å². The lowest BCUT2D eigenvalue weighted by Crippen LogP contribution is -2.34. The van der Waals surface area contributed by atoms with E-state index in [9.17, 15) is 31.4 Å². The lowest BCUT2D eigenvalue weighted by atomic mass is 10.1. The number of rotatable bonds is 6. The molecule has 0 unspecified atom stereocenters. The van der Waals surface area contributed by atoms with Crippen LogP contribution < -0.4 is 5.32 Å². The number of nitrogens with one attached hydrogen (secondary N) is 1. The third-order valence-electron chi connectivity index (χ3n) is 4.82. The van der Waals surface area contributed by atoms with Crippen molar-refractivity contribution in [3.8, 4) is 11.3 Å². The monoisotopic (exact) mass is 468 g/mol. The topological polar surface area (TPSA) is 84.1 Å². The first-order valence-electron chi connectivity index (χ1n) is 9.40. The lowest BCUT2D eigenvalue weighted by Gasteiger charge is -2.16. The Kier molecular flexibility index (Phi) is 5.70. The number of aromatic nitrogens is 3. The third-order valence-corrected chi connectivity index (χ3v) is 4.82. The van der Waals surface area contributed by atoms with Gasteiger partial charge in [-0.2, -0.15) is 22.0 Å². The first-order valence-corrected chi connectivity index (χ1v) is 9.40. The Morgan fingerprint density at radius 1 is 0.970 bits per heavy atom. The molecule has 1 atom stereocenters. The van der Waals surface area contributed by atoms with E-state index in [1.165, 1.54) is 48.8 Å². The summed E-state index contributed by atoms with van der Waals surface area (Å²) in [6, 6.07) is 10.4. The zero-order valence-electron chi connectivity index (χ0n) is 16.4. The number of hydrogen-bond acceptors (Lipinski definition) is 6. The van der Waals surface area contributed by atoms with Crippen molar-refractivity contribution in [2.75, 3.05) is 11.9 Å². The molecule has 2 aromatic heterocycles. The Balaban J connectivity index is 1.54. The minimum absolute atomic E-state index is 0.0408. The largest absolute Gasteiger partial charge is 0.459 e. The van der Waals surface area contributed by atoms with Gasteiger partial charge in [-0.3, -0.25) is 0 Å². The minimum Gasteiger partial charge on any atom is -0.387 e. The molecule has 0 aliphatic heterocycles. The van der Waals surface area contributed by atoms with E-state index in [1.54, 1.807) is 0 Å². The van der Waals surface area contributed by atoms with E-state index in [4.69, 9.17) is 4.52 Å². The van der Waals surface area contributed by atoms with Gasteiger partial charge >= 0.3 is 12.1 Å². The summed E-state index contributed by atoms with van der Waals surface area (Å²) >= 11 is 0. The van der Waals surface area contributed by atoms with Crippen molar-refractivity contribution in [3.63, 3.8) is 0 Å². The van der Waals surface area contributed by atoms with E-state index < -0.39 is 35.1 Å². The predicted octanol–water partition coefficient (Wildman–Crippen LogP) is 5.22. The molecule has 172 valence electrons. The molecular weight excluding hydrogens is 454 g/mol. The molecule has 2 aromatic carbocycles. The van der Waals surface area contributed by atoms with Crippen LogP contribution in [0.5, 0.6) is 0 Å². The molecule has 0 spiro atoms. The van der Waals surface area contributed by atoms with Crippen LogP contribution in [0.2, 0.25) is 0 Å². The molecule has 0 fully saturated rings. The summed E-state index contributed by atoms with van der Waals surface area (Å²) < 4.78 is 83.1. The summed E-state index contributed by atoms with van der Waals surface area (Å²) in [6.07, 6.45) is -5.57. The summed E-state index contributed by atoms with van der Waals surface area (Å²) in [5, 5.41) is 15.6. The van der Waals surface area contributed by atoms with Crippen molar-refractivity contribution < 1.29 is 36.0 Å². The number of anilines is 1. The van der Waals surface area contributed by atoms with E-state index in [-0.39, 0.29) is 12.1 Å². The highest BCUT2D eigenvalue weighted by atomic mass is 19.4. The molecule has 2 heterocycles. The highest BCUT2D eigenvalue weighted by Gasteiger charge is 2.61. The van der Waals surface area contributed by atoms with Gasteiger partial charge in [0.05, 0.1) is 17.2 Å². The molecule has 4 rings (SSSR count). The van der Waals surface area contributed by atoms with E-state index in [0.29, 0.717) is 22.6 Å². The predicted molar refractivity (Wildman–Crippen MR) is 105 cm³/mol.